The molecule has 1 aliphatic rings. The first-order valence-electron chi connectivity index (χ1n) is 5.98. The molecule has 2 rings (SSSR count). The van der Waals surface area contributed by atoms with Gasteiger partial charge in [-0.25, -0.2) is 0 Å². The molecule has 0 aliphatic heterocycles. The van der Waals surface area contributed by atoms with E-state index in [0.29, 0.717) is 0 Å². The van der Waals surface area contributed by atoms with Gasteiger partial charge >= 0.3 is 0 Å². The molecule has 0 amide bonds. The van der Waals surface area contributed by atoms with Crippen molar-refractivity contribution >= 4 is 46.4 Å². The van der Waals surface area contributed by atoms with Crippen LogP contribution >= 0.6 is 35.7 Å². The normalized spacial score (nSPS) is 14.9. The molecule has 0 bridgehead atoms. The van der Waals surface area contributed by atoms with Gasteiger partial charge < -0.3 is 5.73 Å². The van der Waals surface area contributed by atoms with Gasteiger partial charge in [0.2, 0.25) is 0 Å². The molecule has 0 atom stereocenters. The van der Waals surface area contributed by atoms with Gasteiger partial charge in [0.25, 0.3) is 0 Å². The number of ketones is 1. The summed E-state index contributed by atoms with van der Waals surface area (Å²) >= 11 is 7.95. The zero-order valence-corrected chi connectivity index (χ0v) is 13.1. The molecule has 0 unspecified atom stereocenters. The Morgan fingerprint density at radius 2 is 2.22 bits per heavy atom. The number of thioether (sulfide) groups is 1. The van der Waals surface area contributed by atoms with Crippen LogP contribution in [0, 0.1) is 0 Å². The van der Waals surface area contributed by atoms with E-state index in [1.807, 2.05) is 6.26 Å². The fourth-order valence-electron chi connectivity index (χ4n) is 2.30. The van der Waals surface area contributed by atoms with E-state index in [0.717, 1.165) is 29.0 Å². The van der Waals surface area contributed by atoms with Gasteiger partial charge in [-0.05, 0) is 31.1 Å². The number of Topliss-reactive ketones (excluding diaryl/α,β-unsaturated/α-hetero) is 1. The second-order valence-electron chi connectivity index (χ2n) is 4.21. The first kappa shape index (κ1) is 14.2. The number of rotatable bonds is 4. The third-order valence-corrected chi connectivity index (χ3v) is 6.21. The standard InChI is InChI=1S/C13H17NOS3/c1-3-7-4-5-8-10(11(7)16)13(17-2)18-12(8)9(15)6-14/h16H,3-6,14H2,1-2H3. The van der Waals surface area contributed by atoms with Crippen molar-refractivity contribution in [2.24, 2.45) is 5.73 Å². The third-order valence-electron chi connectivity index (χ3n) is 3.27. The third kappa shape index (κ3) is 2.29. The minimum Gasteiger partial charge on any atom is -0.324 e. The zero-order chi connectivity index (χ0) is 13.3. The lowest BCUT2D eigenvalue weighted by Gasteiger charge is -2.18. The van der Waals surface area contributed by atoms with Crippen molar-refractivity contribution in [3.05, 3.63) is 21.6 Å². The van der Waals surface area contributed by atoms with Gasteiger partial charge in [-0.1, -0.05) is 12.5 Å². The molecule has 0 fully saturated rings. The largest absolute Gasteiger partial charge is 0.324 e. The number of carbonyl (C=O) groups excluding carboxylic acids is 1. The number of nitrogens with two attached hydrogens (primary N) is 1. The number of allylic oxidation sites excluding steroid dienone is 1. The Morgan fingerprint density at radius 3 is 2.78 bits per heavy atom. The molecule has 5 heteroatoms. The van der Waals surface area contributed by atoms with Crippen LogP contribution in [0.5, 0.6) is 0 Å². The van der Waals surface area contributed by atoms with Gasteiger partial charge in [-0.3, -0.25) is 4.79 Å². The summed E-state index contributed by atoms with van der Waals surface area (Å²) in [5, 5.41) is 0. The summed E-state index contributed by atoms with van der Waals surface area (Å²) in [7, 11) is 0. The number of fused-ring (bicyclic) bond motifs is 1. The minimum atomic E-state index is 0.0534. The number of thiol groups is 1. The molecule has 0 saturated heterocycles. The van der Waals surface area contributed by atoms with E-state index in [2.05, 4.69) is 19.6 Å². The molecule has 0 saturated carbocycles. The molecule has 0 aromatic carbocycles. The number of hydrogen-bond donors (Lipinski definition) is 2. The first-order valence-corrected chi connectivity index (χ1v) is 8.47. The fraction of sp³-hybridized carbons (Fsp3) is 0.462. The van der Waals surface area contributed by atoms with Crippen LogP contribution in [0.25, 0.3) is 4.91 Å². The Balaban J connectivity index is 2.61. The maximum Gasteiger partial charge on any atom is 0.186 e. The zero-order valence-electron chi connectivity index (χ0n) is 10.6. The highest BCUT2D eigenvalue weighted by Gasteiger charge is 2.26. The van der Waals surface area contributed by atoms with Crippen molar-refractivity contribution in [1.29, 1.82) is 0 Å². The Hall–Kier alpha value is -0.230. The van der Waals surface area contributed by atoms with E-state index in [-0.39, 0.29) is 12.3 Å². The van der Waals surface area contributed by atoms with Crippen LogP contribution in [0.1, 0.15) is 40.6 Å². The van der Waals surface area contributed by atoms with Gasteiger partial charge in [0.15, 0.2) is 5.78 Å². The molecule has 1 aliphatic carbocycles. The summed E-state index contributed by atoms with van der Waals surface area (Å²) in [6.45, 7) is 2.25. The quantitative estimate of drug-likeness (QED) is 0.507. The fourth-order valence-corrected chi connectivity index (χ4v) is 5.02. The maximum atomic E-state index is 11.9. The molecular weight excluding hydrogens is 282 g/mol. The molecule has 0 radical (unpaired) electrons. The van der Waals surface area contributed by atoms with E-state index in [1.165, 1.54) is 20.9 Å². The molecule has 0 spiro atoms. The lowest BCUT2D eigenvalue weighted by molar-refractivity contribution is 0.100. The Bertz CT molecular complexity index is 517. The topological polar surface area (TPSA) is 43.1 Å². The molecule has 98 valence electrons. The summed E-state index contributed by atoms with van der Waals surface area (Å²) in [5.41, 5.74) is 9.25. The molecule has 1 aromatic rings. The monoisotopic (exact) mass is 299 g/mol. The molecule has 2 nitrogen and oxygen atoms in total. The van der Waals surface area contributed by atoms with Crippen LogP contribution in [0.2, 0.25) is 0 Å². The van der Waals surface area contributed by atoms with Gasteiger partial charge in [0.1, 0.15) is 0 Å². The second kappa shape index (κ2) is 5.82. The Kier molecular flexibility index (Phi) is 4.59. The summed E-state index contributed by atoms with van der Waals surface area (Å²) in [6, 6.07) is 0. The van der Waals surface area contributed by atoms with Crippen LogP contribution < -0.4 is 5.73 Å². The van der Waals surface area contributed by atoms with Gasteiger partial charge in [0.05, 0.1) is 15.6 Å². The van der Waals surface area contributed by atoms with E-state index < -0.39 is 0 Å². The van der Waals surface area contributed by atoms with Crippen molar-refractivity contribution in [2.75, 3.05) is 12.8 Å². The summed E-state index contributed by atoms with van der Waals surface area (Å²) < 4.78 is 1.19. The molecule has 1 heterocycles. The van der Waals surface area contributed by atoms with Crippen LogP contribution in [0.15, 0.2) is 9.78 Å². The predicted molar refractivity (Wildman–Crippen MR) is 84.0 cm³/mol. The highest BCUT2D eigenvalue weighted by Crippen LogP contribution is 2.46. The van der Waals surface area contributed by atoms with Crippen molar-refractivity contribution in [3.8, 4) is 0 Å². The Labute approximate surface area is 121 Å². The van der Waals surface area contributed by atoms with Crippen LogP contribution in [-0.2, 0) is 6.42 Å². The maximum absolute atomic E-state index is 11.9. The average molecular weight is 299 g/mol. The van der Waals surface area contributed by atoms with E-state index in [1.54, 1.807) is 23.1 Å². The van der Waals surface area contributed by atoms with E-state index in [4.69, 9.17) is 5.73 Å². The highest BCUT2D eigenvalue weighted by atomic mass is 32.2. The van der Waals surface area contributed by atoms with Gasteiger partial charge in [0, 0.05) is 10.5 Å². The van der Waals surface area contributed by atoms with Gasteiger partial charge in [-0.15, -0.1) is 35.7 Å². The van der Waals surface area contributed by atoms with E-state index in [9.17, 15) is 4.79 Å². The van der Waals surface area contributed by atoms with Crippen LogP contribution in [0.3, 0.4) is 0 Å². The summed E-state index contributed by atoms with van der Waals surface area (Å²) in [5.74, 6) is 0.0534. The Morgan fingerprint density at radius 1 is 1.50 bits per heavy atom. The lowest BCUT2D eigenvalue weighted by atomic mass is 9.91. The first-order chi connectivity index (χ1) is 8.63. The summed E-state index contributed by atoms with van der Waals surface area (Å²) in [4.78, 5) is 13.8. The number of hydrogen-bond acceptors (Lipinski definition) is 5. The molecule has 2 N–H and O–H groups in total. The van der Waals surface area contributed by atoms with Crippen LogP contribution in [-0.4, -0.2) is 18.6 Å². The van der Waals surface area contributed by atoms with Crippen LogP contribution in [0.4, 0.5) is 0 Å². The van der Waals surface area contributed by atoms with Gasteiger partial charge in [-0.2, -0.15) is 0 Å². The number of thiophene rings is 1. The molecule has 18 heavy (non-hydrogen) atoms. The predicted octanol–water partition coefficient (Wildman–Crippen LogP) is 3.61. The molecule has 1 aromatic heterocycles. The average Bonchev–Trinajstić information content (AvgIpc) is 2.78. The smallest absolute Gasteiger partial charge is 0.186 e. The highest BCUT2D eigenvalue weighted by molar-refractivity contribution is 8.00. The van der Waals surface area contributed by atoms with Crippen molar-refractivity contribution in [2.45, 2.75) is 30.4 Å². The number of carbonyl (C=O) groups is 1. The van der Waals surface area contributed by atoms with Crippen molar-refractivity contribution in [1.82, 2.24) is 0 Å². The second-order valence-corrected chi connectivity index (χ2v) is 6.75. The van der Waals surface area contributed by atoms with E-state index >= 15 is 0 Å². The van der Waals surface area contributed by atoms with Crippen molar-refractivity contribution in [3.63, 3.8) is 0 Å². The summed E-state index contributed by atoms with van der Waals surface area (Å²) in [6.07, 6.45) is 5.03. The SMILES string of the molecule is CCC1=C(S)c2c(SC)sc(C(=O)CN)c2CC1. The lowest BCUT2D eigenvalue weighted by Crippen LogP contribution is -2.14. The van der Waals surface area contributed by atoms with Crippen molar-refractivity contribution < 1.29 is 4.79 Å². The minimum absolute atomic E-state index is 0.0534. The molecular formula is C13H17NOS3.